The average molecular weight is 376 g/mol. The van der Waals surface area contributed by atoms with E-state index in [9.17, 15) is 19.5 Å². The van der Waals surface area contributed by atoms with E-state index in [2.05, 4.69) is 10.6 Å². The molecule has 0 aliphatic carbocycles. The van der Waals surface area contributed by atoms with E-state index in [4.69, 9.17) is 0 Å². The molecule has 2 amide bonds. The minimum atomic E-state index is -1.49. The average Bonchev–Trinajstić information content (AvgIpc) is 3.18. The number of carbonyl (C=O) groups excluding carboxylic acids is 2. The van der Waals surface area contributed by atoms with Gasteiger partial charge in [-0.1, -0.05) is 66.7 Å². The first-order chi connectivity index (χ1) is 13.4. The second kappa shape index (κ2) is 6.73. The van der Waals surface area contributed by atoms with E-state index >= 15 is 0 Å². The molecule has 2 saturated heterocycles. The second-order valence-corrected chi connectivity index (χ2v) is 7.40. The molecular weight excluding hydrogens is 356 g/mol. The van der Waals surface area contributed by atoms with Crippen LogP contribution in [0.5, 0.6) is 0 Å². The zero-order chi connectivity index (χ0) is 19.9. The van der Waals surface area contributed by atoms with Crippen LogP contribution in [0.25, 0.3) is 12.2 Å². The number of aliphatic carboxylic acids is 1. The molecule has 4 unspecified atom stereocenters. The number of carbonyl (C=O) groups is 3. The highest BCUT2D eigenvalue weighted by Gasteiger charge is 2.64. The number of carboxylic acids is 1. The Balaban J connectivity index is 1.60. The minimum absolute atomic E-state index is 0.425. The Labute approximate surface area is 162 Å². The molecule has 6 nitrogen and oxygen atoms in total. The Morgan fingerprint density at radius 3 is 2.18 bits per heavy atom. The van der Waals surface area contributed by atoms with Gasteiger partial charge < -0.3 is 5.11 Å². The van der Waals surface area contributed by atoms with Gasteiger partial charge in [-0.2, -0.15) is 0 Å². The number of carboxylic acid groups (broad SMARTS) is 1. The number of amides is 2. The highest BCUT2D eigenvalue weighted by molar-refractivity contribution is 6.09. The Bertz CT molecular complexity index is 968. The number of benzene rings is 2. The Kier molecular flexibility index (Phi) is 4.35. The van der Waals surface area contributed by atoms with E-state index in [0.29, 0.717) is 0 Å². The molecule has 0 radical (unpaired) electrons. The van der Waals surface area contributed by atoms with Crippen molar-refractivity contribution in [2.75, 3.05) is 0 Å². The summed E-state index contributed by atoms with van der Waals surface area (Å²) in [7, 11) is 0. The summed E-state index contributed by atoms with van der Waals surface area (Å²) in [5.41, 5.74) is 1.36. The molecule has 28 heavy (non-hydrogen) atoms. The third-order valence-corrected chi connectivity index (χ3v) is 5.63. The summed E-state index contributed by atoms with van der Waals surface area (Å²) in [6.07, 6.45) is 3.99. The van der Waals surface area contributed by atoms with E-state index in [1.165, 1.54) is 6.92 Å². The monoisotopic (exact) mass is 376 g/mol. The van der Waals surface area contributed by atoms with Crippen LogP contribution < -0.4 is 10.6 Å². The lowest BCUT2D eigenvalue weighted by Crippen LogP contribution is -2.52. The van der Waals surface area contributed by atoms with Crippen LogP contribution in [0.15, 0.2) is 54.6 Å². The van der Waals surface area contributed by atoms with Crippen molar-refractivity contribution in [2.45, 2.75) is 18.5 Å². The van der Waals surface area contributed by atoms with Gasteiger partial charge >= 0.3 is 5.97 Å². The number of rotatable bonds is 4. The maximum Gasteiger partial charge on any atom is 0.324 e. The first-order valence-electron chi connectivity index (χ1n) is 9.09. The fourth-order valence-corrected chi connectivity index (χ4v) is 4.12. The van der Waals surface area contributed by atoms with Gasteiger partial charge in [-0.3, -0.25) is 25.0 Å². The molecule has 2 aromatic carbocycles. The van der Waals surface area contributed by atoms with Crippen LogP contribution in [0.4, 0.5) is 0 Å². The maximum absolute atomic E-state index is 12.3. The third kappa shape index (κ3) is 2.92. The second-order valence-electron chi connectivity index (χ2n) is 7.40. The lowest BCUT2D eigenvalue weighted by atomic mass is 9.80. The lowest BCUT2D eigenvalue weighted by molar-refractivity contribution is -0.148. The molecule has 6 heteroatoms. The van der Waals surface area contributed by atoms with E-state index < -0.39 is 41.2 Å². The Morgan fingerprint density at radius 1 is 0.964 bits per heavy atom. The summed E-state index contributed by atoms with van der Waals surface area (Å²) < 4.78 is 0. The molecule has 2 fully saturated rings. The molecule has 3 N–H and O–H groups in total. The van der Waals surface area contributed by atoms with Crippen LogP contribution in [0.2, 0.25) is 0 Å². The highest BCUT2D eigenvalue weighted by atomic mass is 16.4. The summed E-state index contributed by atoms with van der Waals surface area (Å²) in [6, 6.07) is 16.9. The van der Waals surface area contributed by atoms with E-state index in [-0.39, 0.29) is 0 Å². The summed E-state index contributed by atoms with van der Waals surface area (Å²) in [4.78, 5) is 36.3. The summed E-state index contributed by atoms with van der Waals surface area (Å²) in [6.45, 7) is 1.46. The molecule has 2 aliphatic heterocycles. The third-order valence-electron chi connectivity index (χ3n) is 5.63. The van der Waals surface area contributed by atoms with Crippen LogP contribution in [-0.4, -0.2) is 28.4 Å². The summed E-state index contributed by atoms with van der Waals surface area (Å²) >= 11 is 0. The highest BCUT2D eigenvalue weighted by Crippen LogP contribution is 2.46. The molecule has 4 rings (SSSR count). The predicted octanol–water partition coefficient (Wildman–Crippen LogP) is 2.23. The number of hydrogen-bond donors (Lipinski definition) is 3. The smallest absolute Gasteiger partial charge is 0.324 e. The van der Waals surface area contributed by atoms with Gasteiger partial charge in [0.05, 0.1) is 11.8 Å². The van der Waals surface area contributed by atoms with Crippen LogP contribution in [0.3, 0.4) is 0 Å². The Hall–Kier alpha value is -3.25. The molecule has 0 bridgehead atoms. The fraction of sp³-hybridized carbons (Fsp3) is 0.227. The van der Waals surface area contributed by atoms with Crippen LogP contribution in [0, 0.1) is 11.8 Å². The number of fused-ring (bicyclic) bond motifs is 1. The van der Waals surface area contributed by atoms with Crippen molar-refractivity contribution in [3.63, 3.8) is 0 Å². The molecule has 4 atom stereocenters. The molecule has 0 aromatic heterocycles. The lowest BCUT2D eigenvalue weighted by Gasteiger charge is -2.24. The SMILES string of the molecule is CC1(C(=O)O)NC(c2ccc(/C=C/c3ccccc3)cc2)C2C(=O)NC(=O)C21. The summed E-state index contributed by atoms with van der Waals surface area (Å²) in [5.74, 6) is -3.76. The zero-order valence-corrected chi connectivity index (χ0v) is 15.3. The van der Waals surface area contributed by atoms with Gasteiger partial charge in [0, 0.05) is 6.04 Å². The van der Waals surface area contributed by atoms with Crippen molar-refractivity contribution >= 4 is 29.9 Å². The van der Waals surface area contributed by atoms with Gasteiger partial charge in [-0.25, -0.2) is 0 Å². The van der Waals surface area contributed by atoms with Gasteiger partial charge in [0.25, 0.3) is 0 Å². The molecule has 2 aliphatic rings. The molecule has 2 heterocycles. The largest absolute Gasteiger partial charge is 0.480 e. The van der Waals surface area contributed by atoms with Crippen molar-refractivity contribution in [2.24, 2.45) is 11.8 Å². The molecule has 2 aromatic rings. The first kappa shape index (κ1) is 18.1. The summed E-state index contributed by atoms with van der Waals surface area (Å²) in [5, 5.41) is 15.0. The van der Waals surface area contributed by atoms with Crippen LogP contribution in [0.1, 0.15) is 29.7 Å². The van der Waals surface area contributed by atoms with E-state index in [1.807, 2.05) is 66.7 Å². The number of hydrogen-bond acceptors (Lipinski definition) is 4. The number of nitrogens with one attached hydrogen (secondary N) is 2. The van der Waals surface area contributed by atoms with Gasteiger partial charge in [-0.05, 0) is 23.6 Å². The van der Waals surface area contributed by atoms with Crippen LogP contribution in [-0.2, 0) is 14.4 Å². The van der Waals surface area contributed by atoms with Gasteiger partial charge in [0.2, 0.25) is 11.8 Å². The molecule has 0 saturated carbocycles. The van der Waals surface area contributed by atoms with E-state index in [0.717, 1.165) is 16.7 Å². The standard InChI is InChI=1S/C22H20N2O4/c1-22(21(27)28)17-16(19(25)23-20(17)26)18(24-22)15-11-9-14(10-12-15)8-7-13-5-3-2-4-6-13/h2-12,16-18,24H,1H3,(H,27,28)(H,23,25,26)/b8-7+. The molecular formula is C22H20N2O4. The van der Waals surface area contributed by atoms with Crippen molar-refractivity contribution in [1.82, 2.24) is 10.6 Å². The normalized spacial score (nSPS) is 29.1. The van der Waals surface area contributed by atoms with Crippen molar-refractivity contribution in [3.05, 3.63) is 71.3 Å². The van der Waals surface area contributed by atoms with Gasteiger partial charge in [0.15, 0.2) is 0 Å². The number of imide groups is 1. The predicted molar refractivity (Wildman–Crippen MR) is 104 cm³/mol. The van der Waals surface area contributed by atoms with Crippen molar-refractivity contribution in [1.29, 1.82) is 0 Å². The topological polar surface area (TPSA) is 95.5 Å². The van der Waals surface area contributed by atoms with E-state index in [1.54, 1.807) is 0 Å². The quantitative estimate of drug-likeness (QED) is 0.562. The fourth-order valence-electron chi connectivity index (χ4n) is 4.12. The van der Waals surface area contributed by atoms with Gasteiger partial charge in [-0.15, -0.1) is 0 Å². The Morgan fingerprint density at radius 2 is 1.57 bits per heavy atom. The molecule has 142 valence electrons. The first-order valence-corrected chi connectivity index (χ1v) is 9.09. The molecule has 0 spiro atoms. The minimum Gasteiger partial charge on any atom is -0.480 e. The zero-order valence-electron chi connectivity index (χ0n) is 15.3. The van der Waals surface area contributed by atoms with Crippen molar-refractivity contribution < 1.29 is 19.5 Å². The van der Waals surface area contributed by atoms with Crippen molar-refractivity contribution in [3.8, 4) is 0 Å². The maximum atomic E-state index is 12.3. The van der Waals surface area contributed by atoms with Gasteiger partial charge in [0.1, 0.15) is 5.54 Å². The van der Waals surface area contributed by atoms with Crippen LogP contribution >= 0.6 is 0 Å².